The van der Waals surface area contributed by atoms with E-state index in [0.29, 0.717) is 0 Å². The van der Waals surface area contributed by atoms with Gasteiger partial charge in [-0.2, -0.15) is 0 Å². The molecule has 0 bridgehead atoms. The van der Waals surface area contributed by atoms with E-state index in [4.69, 9.17) is 4.42 Å². The summed E-state index contributed by atoms with van der Waals surface area (Å²) in [5.41, 5.74) is 2.69. The Morgan fingerprint density at radius 3 is 2.75 bits per heavy atom. The number of hydrogen-bond donors (Lipinski definition) is 0. The first-order valence-corrected chi connectivity index (χ1v) is 5.58. The summed E-state index contributed by atoms with van der Waals surface area (Å²) < 4.78 is 6.28. The molecule has 0 saturated carbocycles. The van der Waals surface area contributed by atoms with E-state index in [1.807, 2.05) is 24.3 Å². The molecule has 0 radical (unpaired) electrons. The second-order valence-electron chi connectivity index (χ2n) is 3.33. The van der Waals surface area contributed by atoms with Gasteiger partial charge in [0.15, 0.2) is 0 Å². The zero-order chi connectivity index (χ0) is 11.0. The molecule has 1 aromatic carbocycles. The van der Waals surface area contributed by atoms with Crippen LogP contribution in [0.4, 0.5) is 0 Å². The van der Waals surface area contributed by atoms with Gasteiger partial charge >= 0.3 is 0 Å². The van der Waals surface area contributed by atoms with Crippen LogP contribution >= 0.6 is 15.9 Å². The third kappa shape index (κ3) is 1.42. The van der Waals surface area contributed by atoms with Crippen molar-refractivity contribution in [1.82, 2.24) is 9.97 Å². The van der Waals surface area contributed by atoms with Crippen molar-refractivity contribution in [3.63, 3.8) is 0 Å². The standard InChI is InChI=1S/C12H7BrN2O/c13-11-8(10-2-1-7-16-10)3-4-9-12(11)15-6-5-14-9/h1-7H. The van der Waals surface area contributed by atoms with Crippen molar-refractivity contribution in [1.29, 1.82) is 0 Å². The molecular formula is C12H7BrN2O. The molecule has 3 aromatic rings. The fourth-order valence-corrected chi connectivity index (χ4v) is 2.26. The van der Waals surface area contributed by atoms with Crippen molar-refractivity contribution in [3.05, 3.63) is 47.4 Å². The van der Waals surface area contributed by atoms with E-state index in [-0.39, 0.29) is 0 Å². The van der Waals surface area contributed by atoms with Gasteiger partial charge < -0.3 is 4.42 Å². The van der Waals surface area contributed by atoms with Gasteiger partial charge in [-0.25, -0.2) is 0 Å². The lowest BCUT2D eigenvalue weighted by Gasteiger charge is -2.03. The summed E-state index contributed by atoms with van der Waals surface area (Å²) in [7, 11) is 0. The molecule has 0 aliphatic rings. The maximum atomic E-state index is 5.37. The fourth-order valence-electron chi connectivity index (χ4n) is 1.62. The molecule has 0 unspecified atom stereocenters. The molecule has 0 aliphatic heterocycles. The highest BCUT2D eigenvalue weighted by Gasteiger charge is 2.10. The summed E-state index contributed by atoms with van der Waals surface area (Å²) in [6.07, 6.45) is 5.02. The van der Waals surface area contributed by atoms with Crippen LogP contribution in [0.2, 0.25) is 0 Å². The molecule has 0 aliphatic carbocycles. The molecule has 0 saturated heterocycles. The molecule has 2 heterocycles. The van der Waals surface area contributed by atoms with Crippen molar-refractivity contribution in [2.75, 3.05) is 0 Å². The minimum absolute atomic E-state index is 0.819. The van der Waals surface area contributed by atoms with Gasteiger partial charge in [0.1, 0.15) is 11.3 Å². The summed E-state index contributed by atoms with van der Waals surface area (Å²) >= 11 is 3.54. The van der Waals surface area contributed by atoms with E-state index in [9.17, 15) is 0 Å². The maximum Gasteiger partial charge on any atom is 0.135 e. The Balaban J connectivity index is 2.32. The van der Waals surface area contributed by atoms with E-state index in [1.165, 1.54) is 0 Å². The highest BCUT2D eigenvalue weighted by atomic mass is 79.9. The number of aromatic nitrogens is 2. The van der Waals surface area contributed by atoms with Crippen LogP contribution in [0, 0.1) is 0 Å². The first kappa shape index (κ1) is 9.54. The van der Waals surface area contributed by atoms with Gasteiger partial charge in [-0.1, -0.05) is 0 Å². The van der Waals surface area contributed by atoms with Gasteiger partial charge in [0.25, 0.3) is 0 Å². The van der Waals surface area contributed by atoms with Gasteiger partial charge in [-0.05, 0) is 40.2 Å². The molecule has 0 spiro atoms. The molecule has 2 aromatic heterocycles. The zero-order valence-electron chi connectivity index (χ0n) is 8.22. The highest BCUT2D eigenvalue weighted by Crippen LogP contribution is 2.32. The third-order valence-corrected chi connectivity index (χ3v) is 3.17. The number of halogens is 1. The number of rotatable bonds is 1. The smallest absolute Gasteiger partial charge is 0.135 e. The van der Waals surface area contributed by atoms with E-state index in [1.54, 1.807) is 18.7 Å². The van der Waals surface area contributed by atoms with Crippen LogP contribution in [0.25, 0.3) is 22.4 Å². The minimum Gasteiger partial charge on any atom is -0.464 e. The Hall–Kier alpha value is -1.68. The SMILES string of the molecule is Brc1c(-c2ccco2)ccc2nccnc12. The molecule has 3 nitrogen and oxygen atoms in total. The van der Waals surface area contributed by atoms with Crippen LogP contribution in [-0.4, -0.2) is 9.97 Å². The van der Waals surface area contributed by atoms with Crippen LogP contribution in [-0.2, 0) is 0 Å². The third-order valence-electron chi connectivity index (χ3n) is 2.37. The molecule has 4 heteroatoms. The number of furan rings is 1. The second kappa shape index (κ2) is 3.72. The lowest BCUT2D eigenvalue weighted by molar-refractivity contribution is 0.582. The first-order valence-electron chi connectivity index (χ1n) is 4.79. The average Bonchev–Trinajstić information content (AvgIpc) is 2.83. The molecule has 16 heavy (non-hydrogen) atoms. The van der Waals surface area contributed by atoms with Gasteiger partial charge in [0.05, 0.1) is 16.3 Å². The fraction of sp³-hybridized carbons (Fsp3) is 0. The Labute approximate surface area is 100 Å². The van der Waals surface area contributed by atoms with Crippen molar-refractivity contribution in [2.24, 2.45) is 0 Å². The van der Waals surface area contributed by atoms with E-state index >= 15 is 0 Å². The van der Waals surface area contributed by atoms with Crippen LogP contribution < -0.4 is 0 Å². The predicted octanol–water partition coefficient (Wildman–Crippen LogP) is 3.65. The van der Waals surface area contributed by atoms with Crippen molar-refractivity contribution in [3.8, 4) is 11.3 Å². The Morgan fingerprint density at radius 2 is 1.94 bits per heavy atom. The Morgan fingerprint density at radius 1 is 1.06 bits per heavy atom. The second-order valence-corrected chi connectivity index (χ2v) is 4.12. The summed E-state index contributed by atoms with van der Waals surface area (Å²) in [6.45, 7) is 0. The van der Waals surface area contributed by atoms with Crippen molar-refractivity contribution in [2.45, 2.75) is 0 Å². The van der Waals surface area contributed by atoms with Crippen LogP contribution in [0.3, 0.4) is 0 Å². The summed E-state index contributed by atoms with van der Waals surface area (Å²) in [6, 6.07) is 7.69. The Kier molecular flexibility index (Phi) is 2.22. The van der Waals surface area contributed by atoms with E-state index in [2.05, 4.69) is 25.9 Å². The molecule has 0 amide bonds. The van der Waals surface area contributed by atoms with Gasteiger partial charge in [0.2, 0.25) is 0 Å². The van der Waals surface area contributed by atoms with Gasteiger partial charge in [0, 0.05) is 18.0 Å². The largest absolute Gasteiger partial charge is 0.464 e. The highest BCUT2D eigenvalue weighted by molar-refractivity contribution is 9.10. The van der Waals surface area contributed by atoms with E-state index in [0.717, 1.165) is 26.8 Å². The molecule has 0 atom stereocenters. The predicted molar refractivity (Wildman–Crippen MR) is 64.9 cm³/mol. The number of fused-ring (bicyclic) bond motifs is 1. The first-order chi connectivity index (χ1) is 7.86. The number of hydrogen-bond acceptors (Lipinski definition) is 3. The van der Waals surface area contributed by atoms with Crippen molar-refractivity contribution >= 4 is 27.0 Å². The van der Waals surface area contributed by atoms with Gasteiger partial charge in [-0.15, -0.1) is 0 Å². The molecule has 3 rings (SSSR count). The summed E-state index contributed by atoms with van der Waals surface area (Å²) in [5.74, 6) is 0.819. The number of benzene rings is 1. The Bertz CT molecular complexity index is 635. The van der Waals surface area contributed by atoms with Crippen molar-refractivity contribution < 1.29 is 4.42 Å². The average molecular weight is 275 g/mol. The lowest BCUT2D eigenvalue weighted by atomic mass is 10.1. The topological polar surface area (TPSA) is 38.9 Å². The monoisotopic (exact) mass is 274 g/mol. The maximum absolute atomic E-state index is 5.37. The molecule has 0 N–H and O–H groups in total. The molecular weight excluding hydrogens is 268 g/mol. The molecule has 78 valence electrons. The summed E-state index contributed by atoms with van der Waals surface area (Å²) in [4.78, 5) is 8.54. The normalized spacial score (nSPS) is 10.8. The summed E-state index contributed by atoms with van der Waals surface area (Å²) in [5, 5.41) is 0. The lowest BCUT2D eigenvalue weighted by Crippen LogP contribution is -1.86. The zero-order valence-corrected chi connectivity index (χ0v) is 9.81. The minimum atomic E-state index is 0.819. The van der Waals surface area contributed by atoms with Crippen LogP contribution in [0.15, 0.2) is 51.8 Å². The quantitative estimate of drug-likeness (QED) is 0.680. The molecule has 0 fully saturated rings. The van der Waals surface area contributed by atoms with E-state index < -0.39 is 0 Å². The van der Waals surface area contributed by atoms with Crippen LogP contribution in [0.5, 0.6) is 0 Å². The van der Waals surface area contributed by atoms with Gasteiger partial charge in [-0.3, -0.25) is 9.97 Å². The number of nitrogens with zero attached hydrogens (tertiary/aromatic N) is 2. The van der Waals surface area contributed by atoms with Crippen LogP contribution in [0.1, 0.15) is 0 Å².